The standard InChI is InChI=1S/C10H13NO4/c11-7(10(14)15)5-4-6-2-1-3-8(12)9(6)13/h1-3,7,12-13H,4-5,11H2,(H,14,15). The number of phenolic OH excluding ortho intramolecular Hbond substituents is 2. The average molecular weight is 211 g/mol. The van der Waals surface area contributed by atoms with Gasteiger partial charge < -0.3 is 21.1 Å². The molecule has 0 amide bonds. The molecule has 0 bridgehead atoms. The lowest BCUT2D eigenvalue weighted by molar-refractivity contribution is -0.138. The van der Waals surface area contributed by atoms with E-state index in [2.05, 4.69) is 0 Å². The molecule has 0 heterocycles. The number of nitrogens with two attached hydrogens (primary N) is 1. The van der Waals surface area contributed by atoms with Crippen LogP contribution in [0.5, 0.6) is 11.5 Å². The van der Waals surface area contributed by atoms with Gasteiger partial charge in [0.2, 0.25) is 0 Å². The maximum atomic E-state index is 10.4. The summed E-state index contributed by atoms with van der Waals surface area (Å²) in [6.45, 7) is 0. The van der Waals surface area contributed by atoms with Crippen molar-refractivity contribution in [3.8, 4) is 11.5 Å². The highest BCUT2D eigenvalue weighted by atomic mass is 16.4. The first-order chi connectivity index (χ1) is 7.02. The van der Waals surface area contributed by atoms with Gasteiger partial charge in [-0.25, -0.2) is 0 Å². The third kappa shape index (κ3) is 2.85. The van der Waals surface area contributed by atoms with E-state index in [-0.39, 0.29) is 17.9 Å². The van der Waals surface area contributed by atoms with Gasteiger partial charge in [-0.15, -0.1) is 0 Å². The van der Waals surface area contributed by atoms with Gasteiger partial charge in [0.1, 0.15) is 6.04 Å². The molecule has 1 rings (SSSR count). The zero-order valence-corrected chi connectivity index (χ0v) is 8.05. The molecule has 5 nitrogen and oxygen atoms in total. The number of aliphatic carboxylic acids is 1. The summed E-state index contributed by atoms with van der Waals surface area (Å²) in [5, 5.41) is 27.1. The van der Waals surface area contributed by atoms with Gasteiger partial charge in [0.25, 0.3) is 0 Å². The lowest BCUT2D eigenvalue weighted by Gasteiger charge is -2.08. The van der Waals surface area contributed by atoms with Crippen molar-refractivity contribution in [3.05, 3.63) is 23.8 Å². The quantitative estimate of drug-likeness (QED) is 0.541. The van der Waals surface area contributed by atoms with Crippen molar-refractivity contribution in [2.75, 3.05) is 0 Å². The molecule has 1 aromatic carbocycles. The predicted octanol–water partition coefficient (Wildman–Crippen LogP) is 0.442. The molecule has 1 aromatic rings. The number of benzene rings is 1. The molecule has 0 saturated carbocycles. The first kappa shape index (κ1) is 11.3. The Balaban J connectivity index is 2.66. The van der Waals surface area contributed by atoms with E-state index < -0.39 is 12.0 Å². The molecule has 5 heteroatoms. The van der Waals surface area contributed by atoms with E-state index in [0.29, 0.717) is 12.0 Å². The zero-order chi connectivity index (χ0) is 11.4. The number of aromatic hydroxyl groups is 2. The maximum absolute atomic E-state index is 10.4. The summed E-state index contributed by atoms with van der Waals surface area (Å²) in [5.74, 6) is -1.50. The fraction of sp³-hybridized carbons (Fsp3) is 0.300. The molecule has 1 unspecified atom stereocenters. The molecule has 0 saturated heterocycles. The minimum absolute atomic E-state index is 0.212. The Hall–Kier alpha value is -1.75. The van der Waals surface area contributed by atoms with Gasteiger partial charge in [0.15, 0.2) is 11.5 Å². The molecule has 0 aromatic heterocycles. The first-order valence-corrected chi connectivity index (χ1v) is 4.50. The number of phenols is 2. The van der Waals surface area contributed by atoms with Crippen LogP contribution in [0.1, 0.15) is 12.0 Å². The summed E-state index contributed by atoms with van der Waals surface area (Å²) in [6.07, 6.45) is 0.528. The van der Waals surface area contributed by atoms with Crippen LogP contribution in [0, 0.1) is 0 Å². The number of para-hydroxylation sites is 1. The molecule has 15 heavy (non-hydrogen) atoms. The second-order valence-electron chi connectivity index (χ2n) is 3.27. The normalized spacial score (nSPS) is 12.3. The van der Waals surface area contributed by atoms with Crippen molar-refractivity contribution in [1.82, 2.24) is 0 Å². The lowest BCUT2D eigenvalue weighted by atomic mass is 10.0. The highest BCUT2D eigenvalue weighted by molar-refractivity contribution is 5.73. The SMILES string of the molecule is NC(CCc1cccc(O)c1O)C(=O)O. The molecule has 1 atom stereocenters. The molecule has 0 aliphatic heterocycles. The summed E-state index contributed by atoms with van der Waals surface area (Å²) in [4.78, 5) is 10.4. The van der Waals surface area contributed by atoms with Gasteiger partial charge in [-0.1, -0.05) is 12.1 Å². The highest BCUT2D eigenvalue weighted by Gasteiger charge is 2.13. The van der Waals surface area contributed by atoms with Crippen LogP contribution < -0.4 is 5.73 Å². The summed E-state index contributed by atoms with van der Waals surface area (Å²) < 4.78 is 0. The van der Waals surface area contributed by atoms with Crippen LogP contribution in [-0.4, -0.2) is 27.3 Å². The topological polar surface area (TPSA) is 104 Å². The second-order valence-corrected chi connectivity index (χ2v) is 3.27. The van der Waals surface area contributed by atoms with E-state index in [4.69, 9.17) is 10.8 Å². The Bertz CT molecular complexity index is 364. The lowest BCUT2D eigenvalue weighted by Crippen LogP contribution is -2.30. The van der Waals surface area contributed by atoms with E-state index >= 15 is 0 Å². The summed E-state index contributed by atoms with van der Waals surface area (Å²) in [5.41, 5.74) is 5.80. The number of hydrogen-bond donors (Lipinski definition) is 4. The zero-order valence-electron chi connectivity index (χ0n) is 8.05. The molecule has 5 N–H and O–H groups in total. The largest absolute Gasteiger partial charge is 0.504 e. The van der Waals surface area contributed by atoms with E-state index in [1.165, 1.54) is 6.07 Å². The molecule has 0 aliphatic carbocycles. The van der Waals surface area contributed by atoms with Gasteiger partial charge in [0.05, 0.1) is 0 Å². The van der Waals surface area contributed by atoms with Gasteiger partial charge in [0, 0.05) is 0 Å². The van der Waals surface area contributed by atoms with E-state index in [1.54, 1.807) is 12.1 Å². The molecule has 0 fully saturated rings. The van der Waals surface area contributed by atoms with Crippen LogP contribution in [0.15, 0.2) is 18.2 Å². The van der Waals surface area contributed by atoms with E-state index in [9.17, 15) is 15.0 Å². The van der Waals surface area contributed by atoms with Gasteiger partial charge in [-0.2, -0.15) is 0 Å². The third-order valence-corrected chi connectivity index (χ3v) is 2.14. The Kier molecular flexibility index (Phi) is 3.51. The van der Waals surface area contributed by atoms with Crippen LogP contribution in [0.25, 0.3) is 0 Å². The fourth-order valence-electron chi connectivity index (χ4n) is 1.21. The van der Waals surface area contributed by atoms with Gasteiger partial charge >= 0.3 is 5.97 Å². The Morgan fingerprint density at radius 2 is 2.07 bits per heavy atom. The van der Waals surface area contributed by atoms with Crippen molar-refractivity contribution in [3.63, 3.8) is 0 Å². The monoisotopic (exact) mass is 211 g/mol. The Labute approximate surface area is 86.8 Å². The fourth-order valence-corrected chi connectivity index (χ4v) is 1.21. The molecule has 0 spiro atoms. The van der Waals surface area contributed by atoms with Crippen LogP contribution in [0.4, 0.5) is 0 Å². The number of carboxylic acid groups (broad SMARTS) is 1. The predicted molar refractivity (Wildman–Crippen MR) is 53.7 cm³/mol. The van der Waals surface area contributed by atoms with E-state index in [1.807, 2.05) is 0 Å². The van der Waals surface area contributed by atoms with Crippen molar-refractivity contribution >= 4 is 5.97 Å². The number of carboxylic acids is 1. The Morgan fingerprint density at radius 3 is 2.67 bits per heavy atom. The smallest absolute Gasteiger partial charge is 0.320 e. The summed E-state index contributed by atoms with van der Waals surface area (Å²) >= 11 is 0. The van der Waals surface area contributed by atoms with Crippen molar-refractivity contribution in [1.29, 1.82) is 0 Å². The average Bonchev–Trinajstić information content (AvgIpc) is 2.19. The van der Waals surface area contributed by atoms with Crippen molar-refractivity contribution in [2.24, 2.45) is 5.73 Å². The minimum atomic E-state index is -1.07. The van der Waals surface area contributed by atoms with Crippen molar-refractivity contribution in [2.45, 2.75) is 18.9 Å². The number of rotatable bonds is 4. The van der Waals surface area contributed by atoms with Gasteiger partial charge in [-0.3, -0.25) is 4.79 Å². The second kappa shape index (κ2) is 4.65. The van der Waals surface area contributed by atoms with Crippen LogP contribution in [-0.2, 0) is 11.2 Å². The molecule has 0 aliphatic rings. The maximum Gasteiger partial charge on any atom is 0.320 e. The van der Waals surface area contributed by atoms with Crippen LogP contribution in [0.2, 0.25) is 0 Å². The van der Waals surface area contributed by atoms with Crippen LogP contribution >= 0.6 is 0 Å². The number of hydrogen-bond acceptors (Lipinski definition) is 4. The number of aryl methyl sites for hydroxylation is 1. The van der Waals surface area contributed by atoms with Crippen LogP contribution in [0.3, 0.4) is 0 Å². The summed E-state index contributed by atoms with van der Waals surface area (Å²) in [7, 11) is 0. The highest BCUT2D eigenvalue weighted by Crippen LogP contribution is 2.29. The first-order valence-electron chi connectivity index (χ1n) is 4.50. The Morgan fingerprint density at radius 1 is 1.40 bits per heavy atom. The molecule has 82 valence electrons. The van der Waals surface area contributed by atoms with Crippen molar-refractivity contribution < 1.29 is 20.1 Å². The summed E-state index contributed by atoms with van der Waals surface area (Å²) in [6, 6.07) is 3.60. The molecule has 0 radical (unpaired) electrons. The molecular formula is C10H13NO4. The molecular weight excluding hydrogens is 198 g/mol. The van der Waals surface area contributed by atoms with E-state index in [0.717, 1.165) is 0 Å². The van der Waals surface area contributed by atoms with Gasteiger partial charge in [-0.05, 0) is 24.5 Å². The third-order valence-electron chi connectivity index (χ3n) is 2.14. The minimum Gasteiger partial charge on any atom is -0.504 e. The number of carbonyl (C=O) groups is 1.